The third-order valence-electron chi connectivity index (χ3n) is 6.37. The van der Waals surface area contributed by atoms with Crippen LogP contribution in [0.15, 0.2) is 30.5 Å². The molecule has 1 aliphatic rings. The zero-order valence-corrected chi connectivity index (χ0v) is 19.9. The predicted molar refractivity (Wildman–Crippen MR) is 128 cm³/mol. The molecular weight excluding hydrogens is 454 g/mol. The summed E-state index contributed by atoms with van der Waals surface area (Å²) in [6.07, 6.45) is 2.70. The molecule has 1 saturated heterocycles. The average molecular weight is 488 g/mol. The number of rotatable bonds is 10. The summed E-state index contributed by atoms with van der Waals surface area (Å²) in [5.41, 5.74) is 7.45. The summed E-state index contributed by atoms with van der Waals surface area (Å²) in [5.74, 6) is -3.18. The Labute approximate surface area is 203 Å². The van der Waals surface area contributed by atoms with Crippen molar-refractivity contribution in [2.45, 2.75) is 57.3 Å². The lowest BCUT2D eigenvalue weighted by Gasteiger charge is -2.28. The number of aliphatic carboxylic acids is 1. The lowest BCUT2D eigenvalue weighted by molar-refractivity contribution is -0.149. The number of para-hydroxylation sites is 1. The van der Waals surface area contributed by atoms with Gasteiger partial charge in [-0.15, -0.1) is 0 Å². The minimum absolute atomic E-state index is 0.0923. The van der Waals surface area contributed by atoms with Gasteiger partial charge >= 0.3 is 5.97 Å². The first-order valence-electron chi connectivity index (χ1n) is 11.7. The Morgan fingerprint density at radius 3 is 2.49 bits per heavy atom. The fraction of sp³-hybridized carbons (Fsp3) is 0.500. The van der Waals surface area contributed by atoms with Crippen molar-refractivity contribution in [1.82, 2.24) is 20.5 Å². The number of aliphatic hydroxyl groups is 1. The largest absolute Gasteiger partial charge is 0.480 e. The van der Waals surface area contributed by atoms with Crippen LogP contribution >= 0.6 is 0 Å². The summed E-state index contributed by atoms with van der Waals surface area (Å²) in [7, 11) is 0. The van der Waals surface area contributed by atoms with Crippen LogP contribution in [0.1, 0.15) is 32.3 Å². The van der Waals surface area contributed by atoms with Gasteiger partial charge in [-0.3, -0.25) is 14.4 Å². The van der Waals surface area contributed by atoms with Gasteiger partial charge < -0.3 is 36.5 Å². The van der Waals surface area contributed by atoms with E-state index in [0.29, 0.717) is 12.8 Å². The molecule has 0 aliphatic carbocycles. The molecule has 0 saturated carbocycles. The van der Waals surface area contributed by atoms with E-state index in [1.165, 1.54) is 4.90 Å². The van der Waals surface area contributed by atoms with E-state index < -0.39 is 54.5 Å². The van der Waals surface area contributed by atoms with Crippen LogP contribution in [0, 0.1) is 5.92 Å². The number of carboxylic acid groups (broad SMARTS) is 1. The van der Waals surface area contributed by atoms with Crippen molar-refractivity contribution in [1.29, 1.82) is 0 Å². The highest BCUT2D eigenvalue weighted by Crippen LogP contribution is 2.23. The number of aromatic amines is 1. The average Bonchev–Trinajstić information content (AvgIpc) is 3.48. The van der Waals surface area contributed by atoms with Crippen LogP contribution in [0.3, 0.4) is 0 Å². The number of carbonyl (C=O) groups excluding carboxylic acids is 3. The van der Waals surface area contributed by atoms with Crippen molar-refractivity contribution >= 4 is 34.6 Å². The standard InChI is InChI=1S/C24H33N5O6/c1-13(2)20(25)22(32)28-18(12-30)21(31)27-17(23(33)29-9-5-8-19(29)24(34)35)10-14-11-26-16-7-4-3-6-15(14)16/h3-4,6-7,11,13,17-20,26,30H,5,8-10,12,25H2,1-2H3,(H,27,31)(H,28,32)(H,34,35). The van der Waals surface area contributed by atoms with Gasteiger partial charge in [0.1, 0.15) is 18.1 Å². The zero-order chi connectivity index (χ0) is 25.7. The Morgan fingerprint density at radius 2 is 1.83 bits per heavy atom. The van der Waals surface area contributed by atoms with E-state index >= 15 is 0 Å². The molecule has 4 atom stereocenters. The molecule has 3 amide bonds. The Balaban J connectivity index is 1.84. The van der Waals surface area contributed by atoms with Crippen molar-refractivity contribution in [3.63, 3.8) is 0 Å². The molecular formula is C24H33N5O6. The molecule has 35 heavy (non-hydrogen) atoms. The molecule has 2 aromatic rings. The van der Waals surface area contributed by atoms with Gasteiger partial charge in [-0.25, -0.2) is 4.79 Å². The maximum absolute atomic E-state index is 13.5. The normalized spacial score (nSPS) is 18.3. The summed E-state index contributed by atoms with van der Waals surface area (Å²) in [6.45, 7) is 3.07. The summed E-state index contributed by atoms with van der Waals surface area (Å²) in [4.78, 5) is 54.9. The van der Waals surface area contributed by atoms with Gasteiger partial charge in [0.2, 0.25) is 17.7 Å². The summed E-state index contributed by atoms with van der Waals surface area (Å²) >= 11 is 0. The molecule has 1 aliphatic heterocycles. The van der Waals surface area contributed by atoms with Crippen LogP contribution in [-0.4, -0.2) is 81.1 Å². The van der Waals surface area contributed by atoms with E-state index in [-0.39, 0.29) is 18.9 Å². The van der Waals surface area contributed by atoms with Crippen LogP contribution in [0.25, 0.3) is 10.9 Å². The SMILES string of the molecule is CC(C)C(N)C(=O)NC(CO)C(=O)NC(Cc1c[nH]c2ccccc12)C(=O)N1CCCC1C(=O)O. The molecule has 0 bridgehead atoms. The van der Waals surface area contributed by atoms with E-state index in [2.05, 4.69) is 15.6 Å². The smallest absolute Gasteiger partial charge is 0.326 e. The number of nitrogens with one attached hydrogen (secondary N) is 3. The molecule has 0 radical (unpaired) electrons. The fourth-order valence-electron chi connectivity index (χ4n) is 4.24. The van der Waals surface area contributed by atoms with Crippen LogP contribution in [-0.2, 0) is 25.6 Å². The molecule has 11 nitrogen and oxygen atoms in total. The second-order valence-corrected chi connectivity index (χ2v) is 9.17. The zero-order valence-electron chi connectivity index (χ0n) is 19.9. The number of benzene rings is 1. The molecule has 3 rings (SSSR count). The molecule has 1 aromatic carbocycles. The quantitative estimate of drug-likeness (QED) is 0.267. The lowest BCUT2D eigenvalue weighted by Crippen LogP contribution is -2.59. The van der Waals surface area contributed by atoms with Crippen LogP contribution in [0.5, 0.6) is 0 Å². The Bertz CT molecular complexity index is 1080. The summed E-state index contributed by atoms with van der Waals surface area (Å²) < 4.78 is 0. The first kappa shape index (κ1) is 26.2. The molecule has 2 heterocycles. The van der Waals surface area contributed by atoms with Gasteiger partial charge in [0.05, 0.1) is 12.6 Å². The topological polar surface area (TPSA) is 178 Å². The number of hydrogen-bond acceptors (Lipinski definition) is 6. The third-order valence-corrected chi connectivity index (χ3v) is 6.37. The number of aliphatic hydroxyl groups excluding tert-OH is 1. The van der Waals surface area contributed by atoms with Gasteiger partial charge in [0.15, 0.2) is 0 Å². The molecule has 1 fully saturated rings. The number of hydrogen-bond donors (Lipinski definition) is 6. The minimum Gasteiger partial charge on any atom is -0.480 e. The Kier molecular flexibility index (Phi) is 8.47. The first-order chi connectivity index (χ1) is 16.6. The van der Waals surface area contributed by atoms with E-state index in [1.807, 2.05) is 24.3 Å². The molecule has 7 N–H and O–H groups in total. The highest BCUT2D eigenvalue weighted by Gasteiger charge is 2.38. The number of amides is 3. The van der Waals surface area contributed by atoms with E-state index in [1.54, 1.807) is 20.0 Å². The van der Waals surface area contributed by atoms with Gasteiger partial charge in [0.25, 0.3) is 0 Å². The van der Waals surface area contributed by atoms with Gasteiger partial charge in [0, 0.05) is 30.1 Å². The Hall–Kier alpha value is -3.44. The monoisotopic (exact) mass is 487 g/mol. The summed E-state index contributed by atoms with van der Waals surface area (Å²) in [5, 5.41) is 25.2. The van der Waals surface area contributed by atoms with Crippen LogP contribution < -0.4 is 16.4 Å². The molecule has 4 unspecified atom stereocenters. The van der Waals surface area contributed by atoms with Crippen molar-refractivity contribution in [3.8, 4) is 0 Å². The molecule has 1 aromatic heterocycles. The third kappa shape index (κ3) is 5.98. The number of carboxylic acids is 1. The number of aromatic nitrogens is 1. The number of nitrogens with two attached hydrogens (primary N) is 1. The second kappa shape index (κ2) is 11.3. The van der Waals surface area contributed by atoms with Crippen LogP contribution in [0.2, 0.25) is 0 Å². The van der Waals surface area contributed by atoms with Crippen molar-refractivity contribution < 1.29 is 29.4 Å². The van der Waals surface area contributed by atoms with Crippen molar-refractivity contribution in [2.24, 2.45) is 11.7 Å². The molecule has 190 valence electrons. The highest BCUT2D eigenvalue weighted by atomic mass is 16.4. The van der Waals surface area contributed by atoms with Gasteiger partial charge in [-0.2, -0.15) is 0 Å². The molecule has 0 spiro atoms. The lowest BCUT2D eigenvalue weighted by atomic mass is 10.0. The van der Waals surface area contributed by atoms with Gasteiger partial charge in [-0.1, -0.05) is 32.0 Å². The fourth-order valence-corrected chi connectivity index (χ4v) is 4.24. The minimum atomic E-state index is -1.32. The predicted octanol–water partition coefficient (Wildman–Crippen LogP) is -0.269. The van der Waals surface area contributed by atoms with Gasteiger partial charge in [-0.05, 0) is 30.4 Å². The van der Waals surface area contributed by atoms with E-state index in [4.69, 9.17) is 5.73 Å². The van der Waals surface area contributed by atoms with Crippen molar-refractivity contribution in [3.05, 3.63) is 36.0 Å². The van der Waals surface area contributed by atoms with Crippen molar-refractivity contribution in [2.75, 3.05) is 13.2 Å². The van der Waals surface area contributed by atoms with E-state index in [9.17, 15) is 29.4 Å². The number of H-pyrrole nitrogens is 1. The number of fused-ring (bicyclic) bond motifs is 1. The first-order valence-corrected chi connectivity index (χ1v) is 11.7. The maximum Gasteiger partial charge on any atom is 0.326 e. The number of likely N-dealkylation sites (tertiary alicyclic amines) is 1. The highest BCUT2D eigenvalue weighted by molar-refractivity contribution is 5.95. The summed E-state index contributed by atoms with van der Waals surface area (Å²) in [6, 6.07) is 3.21. The van der Waals surface area contributed by atoms with E-state index in [0.717, 1.165) is 16.5 Å². The number of nitrogens with zero attached hydrogens (tertiary/aromatic N) is 1. The van der Waals surface area contributed by atoms with Crippen LogP contribution in [0.4, 0.5) is 0 Å². The second-order valence-electron chi connectivity index (χ2n) is 9.17. The Morgan fingerprint density at radius 1 is 1.14 bits per heavy atom. The maximum atomic E-state index is 13.5. The molecule has 11 heteroatoms. The number of carbonyl (C=O) groups is 4.